The van der Waals surface area contributed by atoms with E-state index in [2.05, 4.69) is 11.8 Å². The second kappa shape index (κ2) is 11.4. The highest BCUT2D eigenvalue weighted by Gasteiger charge is 2.18. The van der Waals surface area contributed by atoms with Crippen molar-refractivity contribution in [1.29, 1.82) is 0 Å². The summed E-state index contributed by atoms with van der Waals surface area (Å²) in [6.07, 6.45) is 7.75. The summed E-state index contributed by atoms with van der Waals surface area (Å²) in [4.78, 5) is 2.62. The van der Waals surface area contributed by atoms with E-state index in [1.807, 2.05) is 6.07 Å². The van der Waals surface area contributed by atoms with Crippen molar-refractivity contribution in [3.8, 4) is 5.75 Å². The van der Waals surface area contributed by atoms with Gasteiger partial charge in [0, 0.05) is 6.07 Å². The molecule has 0 unspecified atom stereocenters. The number of hydrogen-bond acceptors (Lipinski definition) is 2. The maximum absolute atomic E-state index is 5.99. The van der Waals surface area contributed by atoms with Crippen LogP contribution in [-0.2, 0) is 0 Å². The number of benzene rings is 1. The molecule has 0 spiro atoms. The number of unbranched alkanes of at least 4 members (excludes halogenated alkanes) is 2. The average Bonchev–Trinajstić information content (AvgIpc) is 2.53. The lowest BCUT2D eigenvalue weighted by atomic mass is 9.94. The molecule has 5 heteroatoms. The van der Waals surface area contributed by atoms with Crippen LogP contribution in [0.1, 0.15) is 45.4 Å². The Morgan fingerprint density at radius 1 is 1.13 bits per heavy atom. The van der Waals surface area contributed by atoms with E-state index in [9.17, 15) is 0 Å². The summed E-state index contributed by atoms with van der Waals surface area (Å²) in [7, 11) is 0. The first-order chi connectivity index (χ1) is 10.7. The Labute approximate surface area is 156 Å². The number of ether oxygens (including phenoxy) is 1. The molecule has 1 aromatic rings. The van der Waals surface area contributed by atoms with Crippen LogP contribution in [0.3, 0.4) is 0 Å². The van der Waals surface area contributed by atoms with E-state index in [1.54, 1.807) is 12.1 Å². The number of piperidine rings is 1. The number of rotatable bonds is 8. The van der Waals surface area contributed by atoms with E-state index in [0.29, 0.717) is 10.0 Å². The molecule has 1 aliphatic rings. The topological polar surface area (TPSA) is 12.5 Å². The molecule has 1 fully saturated rings. The molecular weight excluding hydrogens is 353 g/mol. The van der Waals surface area contributed by atoms with Gasteiger partial charge in [0.25, 0.3) is 0 Å². The minimum Gasteiger partial charge on any atom is -0.494 e. The molecule has 0 N–H and O–H groups in total. The first-order valence-electron chi connectivity index (χ1n) is 8.49. The molecule has 0 radical (unpaired) electrons. The van der Waals surface area contributed by atoms with Crippen LogP contribution >= 0.6 is 35.6 Å². The Morgan fingerprint density at radius 3 is 2.52 bits per heavy atom. The number of likely N-dealkylation sites (tertiary alicyclic amines) is 1. The van der Waals surface area contributed by atoms with Crippen LogP contribution in [0.2, 0.25) is 10.0 Å². The highest BCUT2D eigenvalue weighted by atomic mass is 35.5. The predicted molar refractivity (Wildman–Crippen MR) is 103 cm³/mol. The zero-order valence-corrected chi connectivity index (χ0v) is 16.2. The molecule has 0 bridgehead atoms. The van der Waals surface area contributed by atoms with Crippen LogP contribution in [0.25, 0.3) is 0 Å². The highest BCUT2D eigenvalue weighted by Crippen LogP contribution is 2.27. The van der Waals surface area contributed by atoms with Gasteiger partial charge in [-0.2, -0.15) is 0 Å². The van der Waals surface area contributed by atoms with Crippen molar-refractivity contribution in [2.75, 3.05) is 26.2 Å². The van der Waals surface area contributed by atoms with E-state index < -0.39 is 0 Å². The molecule has 0 aliphatic carbocycles. The molecule has 0 aromatic heterocycles. The monoisotopic (exact) mass is 379 g/mol. The van der Waals surface area contributed by atoms with Gasteiger partial charge in [-0.1, -0.05) is 43.0 Å². The standard InChI is InChI=1S/C18H27Cl2NO.ClH/c1-2-3-4-10-21-11-7-15(8-12-21)9-13-22-16-5-6-17(19)18(20)14-16;/h5-6,14-15H,2-4,7-13H2,1H3;1H. The fraction of sp³-hybridized carbons (Fsp3) is 0.667. The minimum absolute atomic E-state index is 0. The molecule has 23 heavy (non-hydrogen) atoms. The van der Waals surface area contributed by atoms with Gasteiger partial charge in [0.15, 0.2) is 0 Å². The largest absolute Gasteiger partial charge is 0.494 e. The van der Waals surface area contributed by atoms with Crippen LogP contribution in [0.4, 0.5) is 0 Å². The summed E-state index contributed by atoms with van der Waals surface area (Å²) < 4.78 is 5.79. The Bertz CT molecular complexity index is 448. The van der Waals surface area contributed by atoms with E-state index >= 15 is 0 Å². The number of nitrogens with zero attached hydrogens (tertiary/aromatic N) is 1. The second-order valence-corrected chi connectivity index (χ2v) is 7.02. The van der Waals surface area contributed by atoms with Crippen molar-refractivity contribution in [3.05, 3.63) is 28.2 Å². The van der Waals surface area contributed by atoms with Crippen LogP contribution in [0.5, 0.6) is 5.75 Å². The van der Waals surface area contributed by atoms with Crippen LogP contribution in [0.15, 0.2) is 18.2 Å². The van der Waals surface area contributed by atoms with Gasteiger partial charge < -0.3 is 9.64 Å². The van der Waals surface area contributed by atoms with Crippen molar-refractivity contribution in [2.24, 2.45) is 5.92 Å². The predicted octanol–water partition coefficient (Wildman–Crippen LogP) is 6.09. The zero-order valence-electron chi connectivity index (χ0n) is 13.9. The van der Waals surface area contributed by atoms with Gasteiger partial charge in [-0.05, 0) is 63.4 Å². The van der Waals surface area contributed by atoms with Gasteiger partial charge in [0.1, 0.15) is 5.75 Å². The molecule has 0 amide bonds. The third-order valence-electron chi connectivity index (χ3n) is 4.47. The van der Waals surface area contributed by atoms with Crippen molar-refractivity contribution in [2.45, 2.75) is 45.4 Å². The van der Waals surface area contributed by atoms with E-state index in [4.69, 9.17) is 27.9 Å². The van der Waals surface area contributed by atoms with Gasteiger partial charge in [0.05, 0.1) is 16.7 Å². The summed E-state index contributed by atoms with van der Waals surface area (Å²) in [6.45, 7) is 6.81. The van der Waals surface area contributed by atoms with E-state index in [-0.39, 0.29) is 12.4 Å². The minimum atomic E-state index is 0. The molecular formula is C18H28Cl3NO. The number of hydrogen-bond donors (Lipinski definition) is 0. The summed E-state index contributed by atoms with van der Waals surface area (Å²) in [5.41, 5.74) is 0. The summed E-state index contributed by atoms with van der Waals surface area (Å²) in [5, 5.41) is 1.13. The normalized spacial score (nSPS) is 16.1. The van der Waals surface area contributed by atoms with Crippen LogP contribution in [-0.4, -0.2) is 31.1 Å². The zero-order chi connectivity index (χ0) is 15.8. The van der Waals surface area contributed by atoms with Crippen molar-refractivity contribution in [1.82, 2.24) is 4.90 Å². The Hall–Kier alpha value is -0.150. The second-order valence-electron chi connectivity index (χ2n) is 6.21. The highest BCUT2D eigenvalue weighted by molar-refractivity contribution is 6.42. The third kappa shape index (κ3) is 7.51. The molecule has 2 rings (SSSR count). The van der Waals surface area contributed by atoms with Gasteiger partial charge in [0.2, 0.25) is 0 Å². The molecule has 0 atom stereocenters. The summed E-state index contributed by atoms with van der Waals surface area (Å²) >= 11 is 11.9. The molecule has 1 saturated heterocycles. The molecule has 1 heterocycles. The Balaban J connectivity index is 0.00000264. The van der Waals surface area contributed by atoms with Gasteiger partial charge >= 0.3 is 0 Å². The van der Waals surface area contributed by atoms with Crippen LogP contribution < -0.4 is 4.74 Å². The number of halogens is 3. The van der Waals surface area contributed by atoms with Gasteiger partial charge in [-0.3, -0.25) is 0 Å². The smallest absolute Gasteiger partial charge is 0.120 e. The lowest BCUT2D eigenvalue weighted by molar-refractivity contribution is 0.161. The molecule has 2 nitrogen and oxygen atoms in total. The fourth-order valence-electron chi connectivity index (χ4n) is 2.99. The van der Waals surface area contributed by atoms with Crippen molar-refractivity contribution in [3.63, 3.8) is 0 Å². The first-order valence-corrected chi connectivity index (χ1v) is 9.25. The molecule has 132 valence electrons. The third-order valence-corrected chi connectivity index (χ3v) is 5.21. The maximum Gasteiger partial charge on any atom is 0.120 e. The van der Waals surface area contributed by atoms with Gasteiger partial charge in [-0.15, -0.1) is 12.4 Å². The average molecular weight is 381 g/mol. The Morgan fingerprint density at radius 2 is 1.87 bits per heavy atom. The van der Waals surface area contributed by atoms with Crippen molar-refractivity contribution < 1.29 is 4.74 Å². The molecule has 1 aromatic carbocycles. The lowest BCUT2D eigenvalue weighted by Crippen LogP contribution is -2.34. The Kier molecular flexibility index (Phi) is 10.4. The summed E-state index contributed by atoms with van der Waals surface area (Å²) in [6, 6.07) is 5.46. The molecule has 0 saturated carbocycles. The van der Waals surface area contributed by atoms with E-state index in [1.165, 1.54) is 51.7 Å². The SMILES string of the molecule is CCCCCN1CCC(CCOc2ccc(Cl)c(Cl)c2)CC1.Cl. The van der Waals surface area contributed by atoms with Crippen LogP contribution in [0, 0.1) is 5.92 Å². The lowest BCUT2D eigenvalue weighted by Gasteiger charge is -2.31. The first kappa shape index (κ1) is 20.9. The van der Waals surface area contributed by atoms with Gasteiger partial charge in [-0.25, -0.2) is 0 Å². The summed E-state index contributed by atoms with van der Waals surface area (Å²) in [5.74, 6) is 1.61. The van der Waals surface area contributed by atoms with E-state index in [0.717, 1.165) is 24.7 Å². The molecule has 1 aliphatic heterocycles. The maximum atomic E-state index is 5.99. The fourth-order valence-corrected chi connectivity index (χ4v) is 3.28. The quantitative estimate of drug-likeness (QED) is 0.506. The van der Waals surface area contributed by atoms with Crippen molar-refractivity contribution >= 4 is 35.6 Å².